The number of rotatable bonds is 3. The van der Waals surface area contributed by atoms with Crippen molar-refractivity contribution in [3.8, 4) is 5.75 Å². The van der Waals surface area contributed by atoms with Crippen molar-refractivity contribution in [2.75, 3.05) is 6.61 Å². The fourth-order valence-electron chi connectivity index (χ4n) is 4.67. The highest BCUT2D eigenvalue weighted by Gasteiger charge is 2.46. The average molecular weight is 523 g/mol. The Morgan fingerprint density at radius 1 is 0.947 bits per heavy atom. The number of ether oxygens (including phenoxy) is 3. The molecule has 2 heterocycles. The summed E-state index contributed by atoms with van der Waals surface area (Å²) in [6.07, 6.45) is 1.89. The smallest absolute Gasteiger partial charge is 0.309 e. The molecule has 0 bridgehead atoms. The van der Waals surface area contributed by atoms with Crippen LogP contribution in [0.15, 0.2) is 66.7 Å². The summed E-state index contributed by atoms with van der Waals surface area (Å²) in [6.45, 7) is 5.12. The molecular formula is C29H34N2O7. The second-order valence-corrected chi connectivity index (χ2v) is 10.1. The third-order valence-corrected chi connectivity index (χ3v) is 6.57. The summed E-state index contributed by atoms with van der Waals surface area (Å²) in [6, 6.07) is 14.6. The zero-order valence-corrected chi connectivity index (χ0v) is 21.8. The third kappa shape index (κ3) is 6.99. The number of amides is 2. The van der Waals surface area contributed by atoms with E-state index in [4.69, 9.17) is 14.2 Å². The molecule has 0 aliphatic carbocycles. The lowest BCUT2D eigenvalue weighted by Gasteiger charge is -2.27. The van der Waals surface area contributed by atoms with Crippen molar-refractivity contribution in [1.29, 1.82) is 0 Å². The van der Waals surface area contributed by atoms with Crippen molar-refractivity contribution in [3.63, 3.8) is 0 Å². The van der Waals surface area contributed by atoms with Gasteiger partial charge >= 0.3 is 5.97 Å². The molecule has 0 unspecified atom stereocenters. The van der Waals surface area contributed by atoms with Crippen LogP contribution in [0.4, 0.5) is 0 Å². The molecule has 9 heteroatoms. The number of phenolic OH excluding ortho intramolecular Hbond substituents is 1. The lowest BCUT2D eigenvalue weighted by atomic mass is 9.93. The summed E-state index contributed by atoms with van der Waals surface area (Å²) in [4.78, 5) is 39.5. The zero-order chi connectivity index (χ0) is 27.3. The highest BCUT2D eigenvalue weighted by molar-refractivity contribution is 5.90. The SMILES string of the molecule is C[C@@H]1/C=C/CC(=O)OC[C@H]2OC(C)(C)O[C@H]2C(=O)N[C@@H](Cc2ccc(O)cc2)C(=O)N[C@@H]1c1ccccc1. The van der Waals surface area contributed by atoms with Gasteiger partial charge in [-0.1, -0.05) is 61.5 Å². The summed E-state index contributed by atoms with van der Waals surface area (Å²) in [7, 11) is 0. The molecule has 9 nitrogen and oxygen atoms in total. The summed E-state index contributed by atoms with van der Waals surface area (Å²) in [5.41, 5.74) is 1.63. The fourth-order valence-corrected chi connectivity index (χ4v) is 4.67. The number of fused-ring (bicyclic) bond motifs is 1. The van der Waals surface area contributed by atoms with Crippen molar-refractivity contribution in [1.82, 2.24) is 10.6 Å². The predicted octanol–water partition coefficient (Wildman–Crippen LogP) is 2.94. The Morgan fingerprint density at radius 3 is 2.37 bits per heavy atom. The van der Waals surface area contributed by atoms with E-state index in [9.17, 15) is 19.5 Å². The van der Waals surface area contributed by atoms with Crippen LogP contribution >= 0.6 is 0 Å². The van der Waals surface area contributed by atoms with Crippen LogP contribution in [0, 0.1) is 5.92 Å². The molecule has 202 valence electrons. The van der Waals surface area contributed by atoms with Gasteiger partial charge in [0.05, 0.1) is 12.5 Å². The number of esters is 1. The second kappa shape index (κ2) is 11.8. The monoisotopic (exact) mass is 522 g/mol. The van der Waals surface area contributed by atoms with Gasteiger partial charge in [0.1, 0.15) is 24.5 Å². The molecule has 3 N–H and O–H groups in total. The molecule has 2 amide bonds. The van der Waals surface area contributed by atoms with E-state index in [1.165, 1.54) is 12.1 Å². The van der Waals surface area contributed by atoms with E-state index in [0.717, 1.165) is 11.1 Å². The lowest BCUT2D eigenvalue weighted by Crippen LogP contribution is -2.53. The van der Waals surface area contributed by atoms with Gasteiger partial charge < -0.3 is 30.0 Å². The summed E-state index contributed by atoms with van der Waals surface area (Å²) >= 11 is 0. The maximum absolute atomic E-state index is 13.7. The van der Waals surface area contributed by atoms with Gasteiger partial charge in [0.2, 0.25) is 5.91 Å². The minimum absolute atomic E-state index is 0.0388. The minimum atomic E-state index is -1.09. The van der Waals surface area contributed by atoms with Crippen LogP contribution in [0.2, 0.25) is 0 Å². The maximum Gasteiger partial charge on any atom is 0.309 e. The van der Waals surface area contributed by atoms with Crippen molar-refractivity contribution in [2.45, 2.75) is 63.7 Å². The Bertz CT molecular complexity index is 1160. The average Bonchev–Trinajstić information content (AvgIpc) is 3.21. The maximum atomic E-state index is 13.7. The van der Waals surface area contributed by atoms with Gasteiger partial charge in [0.25, 0.3) is 5.91 Å². The van der Waals surface area contributed by atoms with E-state index in [-0.39, 0.29) is 37.0 Å². The topological polar surface area (TPSA) is 123 Å². The quantitative estimate of drug-likeness (QED) is 0.418. The number of hydrogen-bond acceptors (Lipinski definition) is 7. The van der Waals surface area contributed by atoms with Crippen LogP contribution < -0.4 is 10.6 Å². The van der Waals surface area contributed by atoms with Gasteiger partial charge in [0, 0.05) is 6.42 Å². The van der Waals surface area contributed by atoms with Gasteiger partial charge in [0.15, 0.2) is 11.9 Å². The number of aromatic hydroxyl groups is 1. The second-order valence-electron chi connectivity index (χ2n) is 10.1. The first-order chi connectivity index (χ1) is 18.1. The van der Waals surface area contributed by atoms with Gasteiger partial charge in [-0.3, -0.25) is 14.4 Å². The standard InChI is InChI=1S/C29H34N2O7/c1-18-8-7-11-24(33)36-17-23-26(38-29(2,3)37-23)28(35)30-22(16-19-12-14-21(32)15-13-19)27(34)31-25(18)20-9-5-4-6-10-20/h4-10,12-15,18,22-23,25-26,32H,11,16-17H2,1-3H3,(H,30,35)(H,31,34)/b8-7+/t18-,22+,23-,25+,26-/m1/s1. The molecule has 38 heavy (non-hydrogen) atoms. The summed E-state index contributed by atoms with van der Waals surface area (Å²) in [5.74, 6) is -2.53. The molecule has 1 saturated heterocycles. The van der Waals surface area contributed by atoms with Crippen LogP contribution in [0.5, 0.6) is 5.75 Å². The van der Waals surface area contributed by atoms with E-state index in [2.05, 4.69) is 10.6 Å². The van der Waals surface area contributed by atoms with Crippen LogP contribution in [0.25, 0.3) is 0 Å². The minimum Gasteiger partial charge on any atom is -0.508 e. The highest BCUT2D eigenvalue weighted by atomic mass is 16.8. The number of hydrogen-bond donors (Lipinski definition) is 3. The number of phenols is 1. The van der Waals surface area contributed by atoms with Crippen LogP contribution in [0.1, 0.15) is 44.4 Å². The van der Waals surface area contributed by atoms with Crippen LogP contribution in [-0.2, 0) is 35.0 Å². The number of benzene rings is 2. The Balaban J connectivity index is 1.67. The molecule has 2 aliphatic rings. The molecule has 0 radical (unpaired) electrons. The van der Waals surface area contributed by atoms with Crippen molar-refractivity contribution < 1.29 is 33.7 Å². The molecule has 1 fully saturated rings. The van der Waals surface area contributed by atoms with E-state index < -0.39 is 42.0 Å². The Morgan fingerprint density at radius 2 is 1.66 bits per heavy atom. The Kier molecular flexibility index (Phi) is 8.48. The van der Waals surface area contributed by atoms with Crippen LogP contribution in [0.3, 0.4) is 0 Å². The summed E-state index contributed by atoms with van der Waals surface area (Å²) < 4.78 is 17.1. The number of carbonyl (C=O) groups excluding carboxylic acids is 3. The van der Waals surface area contributed by atoms with Gasteiger partial charge in [-0.25, -0.2) is 0 Å². The first kappa shape index (κ1) is 27.3. The molecule has 5 atom stereocenters. The molecule has 2 aromatic rings. The van der Waals surface area contributed by atoms with Crippen molar-refractivity contribution >= 4 is 17.8 Å². The molecule has 0 spiro atoms. The van der Waals surface area contributed by atoms with E-state index in [1.54, 1.807) is 32.1 Å². The third-order valence-electron chi connectivity index (χ3n) is 6.57. The molecular weight excluding hydrogens is 488 g/mol. The normalized spacial score (nSPS) is 29.1. The summed E-state index contributed by atoms with van der Waals surface area (Å²) in [5, 5.41) is 15.6. The van der Waals surface area contributed by atoms with Gasteiger partial charge in [-0.05, 0) is 43.0 Å². The molecule has 0 aromatic heterocycles. The van der Waals surface area contributed by atoms with E-state index in [1.807, 2.05) is 43.3 Å². The number of nitrogens with one attached hydrogen (secondary N) is 2. The van der Waals surface area contributed by atoms with Crippen molar-refractivity contribution in [3.05, 3.63) is 77.9 Å². The number of cyclic esters (lactones) is 1. The van der Waals surface area contributed by atoms with E-state index >= 15 is 0 Å². The van der Waals surface area contributed by atoms with Crippen molar-refractivity contribution in [2.24, 2.45) is 5.92 Å². The first-order valence-corrected chi connectivity index (χ1v) is 12.7. The Labute approximate surface area is 222 Å². The Hall–Kier alpha value is -3.69. The molecule has 0 saturated carbocycles. The lowest BCUT2D eigenvalue weighted by molar-refractivity contribution is -0.161. The van der Waals surface area contributed by atoms with Gasteiger partial charge in [-0.15, -0.1) is 0 Å². The zero-order valence-electron chi connectivity index (χ0n) is 21.8. The van der Waals surface area contributed by atoms with E-state index in [0.29, 0.717) is 0 Å². The largest absolute Gasteiger partial charge is 0.508 e. The molecule has 2 aliphatic heterocycles. The molecule has 2 aromatic carbocycles. The fraction of sp³-hybridized carbons (Fsp3) is 0.414. The van der Waals surface area contributed by atoms with Gasteiger partial charge in [-0.2, -0.15) is 0 Å². The number of carbonyl (C=O) groups is 3. The highest BCUT2D eigenvalue weighted by Crippen LogP contribution is 2.29. The predicted molar refractivity (Wildman–Crippen MR) is 139 cm³/mol. The van der Waals surface area contributed by atoms with Crippen LogP contribution in [-0.4, -0.2) is 53.5 Å². The molecule has 4 rings (SSSR count). The first-order valence-electron chi connectivity index (χ1n) is 12.7.